The van der Waals surface area contributed by atoms with Gasteiger partial charge in [-0.25, -0.2) is 4.57 Å². The molecule has 3 unspecified atom stereocenters. The maximum Gasteiger partial charge on any atom is 0.224 e. The molecule has 3 atom stereocenters. The average molecular weight is 486 g/mol. The molecular formula is C35H37N2+. The van der Waals surface area contributed by atoms with Crippen LogP contribution in [0.25, 0.3) is 49.0 Å². The van der Waals surface area contributed by atoms with Crippen LogP contribution in [-0.4, -0.2) is 4.40 Å². The molecule has 186 valence electrons. The fourth-order valence-electron chi connectivity index (χ4n) is 8.45. The standard InChI is InChI=1S/C35H37N2/c1-20-9-12-26-31-24(19-35(2,3)4)7-6-8-28(31)37-29-18-25(27-16-21-10-11-22(27)15-21)17-23-13-14-36(5)34(32(23)29)30(20)33(26)37/h6-9,12-14,17-18,21-22,27H,10-11,15-16,19H2,1-5H3/q+1. The van der Waals surface area contributed by atoms with Crippen LogP contribution in [0.2, 0.25) is 0 Å². The van der Waals surface area contributed by atoms with Gasteiger partial charge in [-0.1, -0.05) is 57.5 Å². The van der Waals surface area contributed by atoms with Crippen LogP contribution >= 0.6 is 0 Å². The van der Waals surface area contributed by atoms with Gasteiger partial charge in [0.25, 0.3) is 0 Å². The Hall–Kier alpha value is -3.13. The van der Waals surface area contributed by atoms with Crippen molar-refractivity contribution in [1.82, 2.24) is 4.40 Å². The van der Waals surface area contributed by atoms with Crippen molar-refractivity contribution in [2.75, 3.05) is 0 Å². The number of nitrogens with zero attached hydrogens (tertiary/aromatic N) is 2. The molecule has 0 aliphatic heterocycles. The topological polar surface area (TPSA) is 8.29 Å². The molecule has 0 spiro atoms. The van der Waals surface area contributed by atoms with Crippen LogP contribution in [-0.2, 0) is 13.5 Å². The number of aromatic nitrogens is 2. The molecule has 3 aromatic heterocycles. The van der Waals surface area contributed by atoms with E-state index in [0.717, 1.165) is 24.2 Å². The van der Waals surface area contributed by atoms with E-state index in [1.54, 1.807) is 5.56 Å². The molecule has 0 N–H and O–H groups in total. The lowest BCUT2D eigenvalue weighted by Crippen LogP contribution is -2.29. The van der Waals surface area contributed by atoms with Crippen LogP contribution < -0.4 is 4.57 Å². The summed E-state index contributed by atoms with van der Waals surface area (Å²) in [5.41, 5.74) is 10.2. The molecule has 2 fully saturated rings. The van der Waals surface area contributed by atoms with E-state index in [2.05, 4.69) is 98.4 Å². The Balaban J connectivity index is 1.59. The lowest BCUT2D eigenvalue weighted by Gasteiger charge is -2.23. The minimum absolute atomic E-state index is 0.237. The molecular weight excluding hydrogens is 448 g/mol. The van der Waals surface area contributed by atoms with Crippen molar-refractivity contribution in [3.05, 3.63) is 71.4 Å². The molecule has 0 amide bonds. The summed E-state index contributed by atoms with van der Waals surface area (Å²) in [6.45, 7) is 9.37. The third kappa shape index (κ3) is 2.96. The summed E-state index contributed by atoms with van der Waals surface area (Å²) in [5.74, 6) is 2.56. The van der Waals surface area contributed by atoms with E-state index in [1.165, 1.54) is 85.8 Å². The second-order valence-electron chi connectivity index (χ2n) is 13.6. The SMILES string of the molecule is Cc1ccc2c3c(CC(C)(C)C)cccc3n3c4cc(C5CC6CCC5C6)cc5cc[n+](C)c(c1c23)c54. The summed E-state index contributed by atoms with van der Waals surface area (Å²) in [6, 6.07) is 19.3. The highest BCUT2D eigenvalue weighted by molar-refractivity contribution is 6.26. The van der Waals surface area contributed by atoms with Crippen molar-refractivity contribution in [2.24, 2.45) is 24.3 Å². The molecule has 0 radical (unpaired) electrons. The van der Waals surface area contributed by atoms with Gasteiger partial charge in [-0.05, 0) is 90.0 Å². The van der Waals surface area contributed by atoms with Gasteiger partial charge in [0, 0.05) is 16.8 Å². The van der Waals surface area contributed by atoms with Gasteiger partial charge in [-0.15, -0.1) is 0 Å². The molecule has 2 bridgehead atoms. The van der Waals surface area contributed by atoms with Gasteiger partial charge in [0.1, 0.15) is 7.05 Å². The van der Waals surface area contributed by atoms with E-state index in [-0.39, 0.29) is 5.41 Å². The number of pyridine rings is 2. The number of fused-ring (bicyclic) bond motifs is 7. The van der Waals surface area contributed by atoms with Crippen LogP contribution in [0.4, 0.5) is 0 Å². The highest BCUT2D eigenvalue weighted by Gasteiger charge is 2.40. The molecule has 0 saturated heterocycles. The summed E-state index contributed by atoms with van der Waals surface area (Å²) in [5, 5.41) is 7.08. The average Bonchev–Trinajstić information content (AvgIpc) is 3.57. The van der Waals surface area contributed by atoms with E-state index in [4.69, 9.17) is 0 Å². The first-order valence-corrected chi connectivity index (χ1v) is 14.3. The third-order valence-electron chi connectivity index (χ3n) is 9.85. The predicted octanol–water partition coefficient (Wildman–Crippen LogP) is 8.62. The number of hydrogen-bond donors (Lipinski definition) is 0. The Morgan fingerprint density at radius 1 is 0.919 bits per heavy atom. The molecule has 2 aliphatic rings. The summed E-state index contributed by atoms with van der Waals surface area (Å²) < 4.78 is 5.01. The highest BCUT2D eigenvalue weighted by atomic mass is 15.0. The fourth-order valence-corrected chi connectivity index (χ4v) is 8.45. The van der Waals surface area contributed by atoms with Crippen molar-refractivity contribution < 1.29 is 4.57 Å². The normalized spacial score (nSPS) is 22.1. The van der Waals surface area contributed by atoms with E-state index >= 15 is 0 Å². The summed E-state index contributed by atoms with van der Waals surface area (Å²) in [4.78, 5) is 0. The van der Waals surface area contributed by atoms with E-state index in [0.29, 0.717) is 0 Å². The monoisotopic (exact) mass is 485 g/mol. The van der Waals surface area contributed by atoms with Gasteiger partial charge in [0.2, 0.25) is 5.52 Å². The zero-order valence-electron chi connectivity index (χ0n) is 22.9. The van der Waals surface area contributed by atoms with Crippen LogP contribution in [0.5, 0.6) is 0 Å². The van der Waals surface area contributed by atoms with Gasteiger partial charge in [-0.3, -0.25) is 0 Å². The van der Waals surface area contributed by atoms with Gasteiger partial charge in [-0.2, -0.15) is 0 Å². The molecule has 6 aromatic rings. The second kappa shape index (κ2) is 7.25. The Kier molecular flexibility index (Phi) is 4.29. The maximum atomic E-state index is 2.64. The third-order valence-corrected chi connectivity index (χ3v) is 9.85. The number of benzene rings is 3. The molecule has 3 aromatic carbocycles. The fraction of sp³-hybridized carbons (Fsp3) is 0.400. The molecule has 2 heteroatoms. The lowest BCUT2D eigenvalue weighted by molar-refractivity contribution is -0.643. The van der Waals surface area contributed by atoms with E-state index in [9.17, 15) is 0 Å². The van der Waals surface area contributed by atoms with Crippen molar-refractivity contribution in [3.8, 4) is 0 Å². The van der Waals surface area contributed by atoms with E-state index < -0.39 is 0 Å². The van der Waals surface area contributed by atoms with Gasteiger partial charge < -0.3 is 4.40 Å². The van der Waals surface area contributed by atoms with Crippen LogP contribution in [0.15, 0.2) is 54.7 Å². The first kappa shape index (κ1) is 21.9. The predicted molar refractivity (Wildman–Crippen MR) is 156 cm³/mol. The first-order valence-electron chi connectivity index (χ1n) is 14.3. The number of hydrogen-bond acceptors (Lipinski definition) is 0. The van der Waals surface area contributed by atoms with Gasteiger partial charge in [0.05, 0.1) is 27.3 Å². The molecule has 2 saturated carbocycles. The summed E-state index contributed by atoms with van der Waals surface area (Å²) in [6.07, 6.45) is 9.07. The Morgan fingerprint density at radius 2 is 1.78 bits per heavy atom. The Labute approximate surface area is 219 Å². The minimum atomic E-state index is 0.237. The van der Waals surface area contributed by atoms with E-state index in [1.807, 2.05) is 0 Å². The Bertz CT molecular complexity index is 1880. The largest absolute Gasteiger partial charge is 0.307 e. The maximum absolute atomic E-state index is 2.64. The lowest BCUT2D eigenvalue weighted by atomic mass is 9.82. The molecule has 2 nitrogen and oxygen atoms in total. The molecule has 2 aliphatic carbocycles. The quantitative estimate of drug-likeness (QED) is 0.132. The Morgan fingerprint density at radius 3 is 2.54 bits per heavy atom. The summed E-state index contributed by atoms with van der Waals surface area (Å²) in [7, 11) is 2.23. The number of rotatable bonds is 2. The zero-order valence-corrected chi connectivity index (χ0v) is 22.9. The van der Waals surface area contributed by atoms with Crippen molar-refractivity contribution in [1.29, 1.82) is 0 Å². The molecule has 3 heterocycles. The summed E-state index contributed by atoms with van der Waals surface area (Å²) >= 11 is 0. The van der Waals surface area contributed by atoms with Gasteiger partial charge in [0.15, 0.2) is 6.20 Å². The zero-order chi connectivity index (χ0) is 25.2. The van der Waals surface area contributed by atoms with Crippen LogP contribution in [0.3, 0.4) is 0 Å². The minimum Gasteiger partial charge on any atom is -0.307 e. The van der Waals surface area contributed by atoms with Crippen molar-refractivity contribution in [2.45, 2.75) is 65.7 Å². The first-order chi connectivity index (χ1) is 17.8. The highest BCUT2D eigenvalue weighted by Crippen LogP contribution is 2.54. The van der Waals surface area contributed by atoms with Crippen molar-refractivity contribution >= 4 is 49.0 Å². The smallest absolute Gasteiger partial charge is 0.224 e. The molecule has 8 rings (SSSR count). The van der Waals surface area contributed by atoms with Crippen LogP contribution in [0.1, 0.15) is 69.1 Å². The van der Waals surface area contributed by atoms with Crippen LogP contribution in [0, 0.1) is 24.2 Å². The second-order valence-corrected chi connectivity index (χ2v) is 13.6. The molecule has 37 heavy (non-hydrogen) atoms. The van der Waals surface area contributed by atoms with Crippen molar-refractivity contribution in [3.63, 3.8) is 0 Å². The number of aryl methyl sites for hydroxylation is 2. The van der Waals surface area contributed by atoms with Gasteiger partial charge >= 0.3 is 0 Å².